The zero-order valence-corrected chi connectivity index (χ0v) is 8.29. The monoisotopic (exact) mass is 177 g/mol. The number of aromatic nitrogens is 2. The van der Waals surface area contributed by atoms with Crippen molar-refractivity contribution < 1.29 is 0 Å². The standard InChI is InChI=1S/C11H17N2/c1-2-3-9-13-11(7-8-12-13)10-5-4-6-10/h7,10H,2-6,9H2,1H3. The molecule has 0 bridgehead atoms. The van der Waals surface area contributed by atoms with Crippen LogP contribution in [0.1, 0.15) is 50.6 Å². The van der Waals surface area contributed by atoms with Gasteiger partial charge in [0.2, 0.25) is 0 Å². The predicted octanol–water partition coefficient (Wildman–Crippen LogP) is 2.75. The molecule has 0 atom stereocenters. The molecule has 0 saturated heterocycles. The van der Waals surface area contributed by atoms with Gasteiger partial charge in [0.05, 0.1) is 0 Å². The number of unbranched alkanes of at least 4 members (excludes halogenated alkanes) is 1. The molecule has 0 aliphatic heterocycles. The highest BCUT2D eigenvalue weighted by Crippen LogP contribution is 2.35. The fraction of sp³-hybridized carbons (Fsp3) is 0.727. The van der Waals surface area contributed by atoms with Crippen molar-refractivity contribution in [3.05, 3.63) is 18.0 Å². The first-order valence-electron chi connectivity index (χ1n) is 5.35. The molecule has 1 aliphatic carbocycles. The zero-order chi connectivity index (χ0) is 9.10. The molecular formula is C11H17N2. The molecule has 2 heteroatoms. The normalized spacial score (nSPS) is 17.3. The third kappa shape index (κ3) is 1.77. The van der Waals surface area contributed by atoms with Crippen LogP contribution in [-0.2, 0) is 6.54 Å². The minimum absolute atomic E-state index is 0.788. The highest BCUT2D eigenvalue weighted by molar-refractivity contribution is 5.10. The van der Waals surface area contributed by atoms with Gasteiger partial charge in [-0.05, 0) is 25.3 Å². The van der Waals surface area contributed by atoms with Crippen molar-refractivity contribution in [3.8, 4) is 0 Å². The highest BCUT2D eigenvalue weighted by atomic mass is 15.3. The van der Waals surface area contributed by atoms with Crippen molar-refractivity contribution in [3.63, 3.8) is 0 Å². The molecule has 1 aromatic rings. The van der Waals surface area contributed by atoms with Gasteiger partial charge in [-0.15, -0.1) is 0 Å². The summed E-state index contributed by atoms with van der Waals surface area (Å²) in [6.07, 6.45) is 9.54. The Labute approximate surface area is 80.0 Å². The van der Waals surface area contributed by atoms with E-state index < -0.39 is 0 Å². The second kappa shape index (κ2) is 3.95. The van der Waals surface area contributed by atoms with Gasteiger partial charge in [0.1, 0.15) is 6.20 Å². The molecule has 2 nitrogen and oxygen atoms in total. The van der Waals surface area contributed by atoms with Gasteiger partial charge in [-0.3, -0.25) is 4.68 Å². The SMILES string of the molecule is CCCCn1n[c]cc1C1CCC1. The molecule has 0 amide bonds. The Morgan fingerprint density at radius 3 is 3.08 bits per heavy atom. The van der Waals surface area contributed by atoms with Crippen LogP contribution in [0.2, 0.25) is 0 Å². The smallest absolute Gasteiger partial charge is 0.113 e. The van der Waals surface area contributed by atoms with E-state index in [0.717, 1.165) is 12.5 Å². The molecule has 0 aromatic carbocycles. The summed E-state index contributed by atoms with van der Waals surface area (Å²) in [5, 5.41) is 4.25. The maximum Gasteiger partial charge on any atom is 0.113 e. The summed E-state index contributed by atoms with van der Waals surface area (Å²) in [7, 11) is 0. The van der Waals surface area contributed by atoms with Gasteiger partial charge in [-0.2, -0.15) is 5.10 Å². The summed E-state index contributed by atoms with van der Waals surface area (Å²) in [6.45, 7) is 3.29. The molecule has 1 radical (unpaired) electrons. The Morgan fingerprint density at radius 1 is 1.62 bits per heavy atom. The third-order valence-electron chi connectivity index (χ3n) is 2.94. The average molecular weight is 177 g/mol. The number of nitrogens with zero attached hydrogens (tertiary/aromatic N) is 2. The van der Waals surface area contributed by atoms with Crippen LogP contribution in [0.25, 0.3) is 0 Å². The molecule has 1 saturated carbocycles. The Kier molecular flexibility index (Phi) is 2.67. The molecule has 0 N–H and O–H groups in total. The van der Waals surface area contributed by atoms with Gasteiger partial charge in [0, 0.05) is 18.2 Å². The molecular weight excluding hydrogens is 160 g/mol. The lowest BCUT2D eigenvalue weighted by molar-refractivity contribution is 0.385. The summed E-state index contributed by atoms with van der Waals surface area (Å²) in [4.78, 5) is 0. The van der Waals surface area contributed by atoms with Gasteiger partial charge >= 0.3 is 0 Å². The summed E-state index contributed by atoms with van der Waals surface area (Å²) in [6, 6.07) is 2.07. The van der Waals surface area contributed by atoms with E-state index in [1.54, 1.807) is 0 Å². The number of rotatable bonds is 4. The first-order chi connectivity index (χ1) is 6.42. The minimum Gasteiger partial charge on any atom is -0.269 e. The van der Waals surface area contributed by atoms with Crippen LogP contribution in [0, 0.1) is 6.20 Å². The third-order valence-corrected chi connectivity index (χ3v) is 2.94. The van der Waals surface area contributed by atoms with E-state index in [4.69, 9.17) is 0 Å². The lowest BCUT2D eigenvalue weighted by atomic mass is 9.83. The van der Waals surface area contributed by atoms with Crippen LogP contribution >= 0.6 is 0 Å². The molecule has 1 aromatic heterocycles. The van der Waals surface area contributed by atoms with Crippen molar-refractivity contribution in [1.82, 2.24) is 9.78 Å². The van der Waals surface area contributed by atoms with Crippen LogP contribution in [0.3, 0.4) is 0 Å². The van der Waals surface area contributed by atoms with Gasteiger partial charge in [0.25, 0.3) is 0 Å². The van der Waals surface area contributed by atoms with Crippen LogP contribution in [0.15, 0.2) is 6.07 Å². The van der Waals surface area contributed by atoms with Crippen molar-refractivity contribution in [2.24, 2.45) is 0 Å². The Hall–Kier alpha value is -0.790. The largest absolute Gasteiger partial charge is 0.269 e. The van der Waals surface area contributed by atoms with Gasteiger partial charge < -0.3 is 0 Å². The fourth-order valence-electron chi connectivity index (χ4n) is 1.82. The Balaban J connectivity index is 2.02. The number of hydrogen-bond acceptors (Lipinski definition) is 1. The highest BCUT2D eigenvalue weighted by Gasteiger charge is 2.22. The van der Waals surface area contributed by atoms with Crippen molar-refractivity contribution in [2.45, 2.75) is 51.5 Å². The van der Waals surface area contributed by atoms with E-state index >= 15 is 0 Å². The first kappa shape index (κ1) is 8.79. The molecule has 13 heavy (non-hydrogen) atoms. The molecule has 2 rings (SSSR count). The van der Waals surface area contributed by atoms with Crippen LogP contribution in [0.4, 0.5) is 0 Å². The fourth-order valence-corrected chi connectivity index (χ4v) is 1.82. The van der Waals surface area contributed by atoms with E-state index in [2.05, 4.69) is 29.0 Å². The second-order valence-electron chi connectivity index (χ2n) is 3.90. The summed E-state index contributed by atoms with van der Waals surface area (Å²) >= 11 is 0. The predicted molar refractivity (Wildman–Crippen MR) is 52.6 cm³/mol. The molecule has 0 spiro atoms. The van der Waals surface area contributed by atoms with E-state index in [1.807, 2.05) is 0 Å². The van der Waals surface area contributed by atoms with Crippen LogP contribution < -0.4 is 0 Å². The van der Waals surface area contributed by atoms with Crippen molar-refractivity contribution >= 4 is 0 Å². The lowest BCUT2D eigenvalue weighted by Gasteiger charge is -2.26. The number of aryl methyl sites for hydroxylation is 1. The summed E-state index contributed by atoms with van der Waals surface area (Å²) in [5.74, 6) is 0.788. The quantitative estimate of drug-likeness (QED) is 0.691. The Morgan fingerprint density at radius 2 is 2.46 bits per heavy atom. The maximum absolute atomic E-state index is 4.25. The zero-order valence-electron chi connectivity index (χ0n) is 8.29. The molecule has 1 heterocycles. The van der Waals surface area contributed by atoms with E-state index in [9.17, 15) is 0 Å². The Bertz CT molecular complexity index is 261. The van der Waals surface area contributed by atoms with Gasteiger partial charge in [-0.1, -0.05) is 19.8 Å². The first-order valence-corrected chi connectivity index (χ1v) is 5.35. The minimum atomic E-state index is 0.788. The summed E-state index contributed by atoms with van der Waals surface area (Å²) < 4.78 is 2.15. The van der Waals surface area contributed by atoms with Gasteiger partial charge in [0.15, 0.2) is 0 Å². The van der Waals surface area contributed by atoms with E-state index in [-0.39, 0.29) is 0 Å². The van der Waals surface area contributed by atoms with E-state index in [1.165, 1.54) is 37.8 Å². The average Bonchev–Trinajstić information content (AvgIpc) is 2.46. The second-order valence-corrected chi connectivity index (χ2v) is 3.90. The van der Waals surface area contributed by atoms with Crippen LogP contribution in [-0.4, -0.2) is 9.78 Å². The van der Waals surface area contributed by atoms with Crippen molar-refractivity contribution in [2.75, 3.05) is 0 Å². The molecule has 1 fully saturated rings. The topological polar surface area (TPSA) is 17.8 Å². The van der Waals surface area contributed by atoms with Crippen LogP contribution in [0.5, 0.6) is 0 Å². The molecule has 71 valence electrons. The number of hydrogen-bond donors (Lipinski definition) is 0. The van der Waals surface area contributed by atoms with E-state index in [0.29, 0.717) is 0 Å². The molecule has 0 unspecified atom stereocenters. The summed E-state index contributed by atoms with van der Waals surface area (Å²) in [5.41, 5.74) is 1.42. The van der Waals surface area contributed by atoms with Gasteiger partial charge in [-0.25, -0.2) is 0 Å². The lowest BCUT2D eigenvalue weighted by Crippen LogP contribution is -2.15. The van der Waals surface area contributed by atoms with Crippen molar-refractivity contribution in [1.29, 1.82) is 0 Å². The maximum atomic E-state index is 4.25. The molecule has 1 aliphatic rings.